The van der Waals surface area contributed by atoms with E-state index < -0.39 is 0 Å². The van der Waals surface area contributed by atoms with Crippen molar-refractivity contribution in [1.29, 1.82) is 0 Å². The predicted octanol–water partition coefficient (Wildman–Crippen LogP) is 4.74. The second-order valence-electron chi connectivity index (χ2n) is 3.03. The van der Waals surface area contributed by atoms with E-state index in [-0.39, 0.29) is 49.2 Å². The van der Waals surface area contributed by atoms with Crippen LogP contribution in [0.3, 0.4) is 0 Å². The zero-order valence-electron chi connectivity index (χ0n) is 11.4. The first-order chi connectivity index (χ1) is 5.97. The molecule has 0 aliphatic heterocycles. The van der Waals surface area contributed by atoms with Gasteiger partial charge in [-0.25, -0.2) is 0 Å². The smallest absolute Gasteiger partial charge is 0.453 e. The maximum Gasteiger partial charge on any atom is 5.00 e. The van der Waals surface area contributed by atoms with Crippen LogP contribution in [0.5, 0.6) is 0 Å². The summed E-state index contributed by atoms with van der Waals surface area (Å²) in [7, 11) is 0. The molecule has 1 aromatic rings. The van der Waals surface area contributed by atoms with E-state index in [0.29, 0.717) is 0 Å². The van der Waals surface area contributed by atoms with E-state index in [0.717, 1.165) is 0 Å². The molecule has 1 aromatic heterocycles. The first-order valence-corrected chi connectivity index (χ1v) is 4.38. The molecule has 0 unspecified atom stereocenters. The summed E-state index contributed by atoms with van der Waals surface area (Å²) in [5.41, 5.74) is 2.60. The Kier molecular flexibility index (Phi) is 20.0. The van der Waals surface area contributed by atoms with Crippen LogP contribution in [0, 0.1) is 35.9 Å². The summed E-state index contributed by atoms with van der Waals surface area (Å²) in [5.74, 6) is 0. The van der Waals surface area contributed by atoms with Gasteiger partial charge in [-0.3, -0.25) is 0 Å². The SMILES string of the molecule is [CH3-].[CH3-].[CH3-].[CH3-].[Ru+5].[c-]1[nH]ccc1C1=CC=CCCC1. The van der Waals surface area contributed by atoms with Gasteiger partial charge in [-0.1, -0.05) is 31.2 Å². The zero-order valence-corrected chi connectivity index (χ0v) is 13.1. The number of aromatic nitrogens is 1. The molecule has 0 bridgehead atoms. The maximum absolute atomic E-state index is 3.11. The standard InChI is InChI=1S/C11H12N.4CH3.Ru/c1-2-4-6-10(5-3-1)11-7-8-12-9-11;;;;;/h1,3,5,7-8,12H,2,4,6H2;4*1H3;/q5*-1;+5. The van der Waals surface area contributed by atoms with Gasteiger partial charge in [0.05, 0.1) is 0 Å². The third-order valence-electron chi connectivity index (χ3n) is 2.14. The number of aromatic amines is 1. The molecule has 1 aliphatic carbocycles. The van der Waals surface area contributed by atoms with Crippen molar-refractivity contribution in [2.24, 2.45) is 0 Å². The Morgan fingerprint density at radius 2 is 1.82 bits per heavy atom. The minimum Gasteiger partial charge on any atom is -0.453 e. The Morgan fingerprint density at radius 3 is 2.41 bits per heavy atom. The second-order valence-corrected chi connectivity index (χ2v) is 3.03. The average Bonchev–Trinajstić information content (AvgIpc) is 2.48. The largest absolute Gasteiger partial charge is 5.00 e. The molecule has 0 spiro atoms. The average molecular weight is 319 g/mol. The Labute approximate surface area is 121 Å². The van der Waals surface area contributed by atoms with Crippen molar-refractivity contribution in [2.75, 3.05) is 0 Å². The van der Waals surface area contributed by atoms with Crippen LogP contribution >= 0.6 is 0 Å². The van der Waals surface area contributed by atoms with E-state index in [1.54, 1.807) is 0 Å². The van der Waals surface area contributed by atoms with Crippen molar-refractivity contribution < 1.29 is 19.5 Å². The number of H-pyrrole nitrogens is 1. The van der Waals surface area contributed by atoms with E-state index in [4.69, 9.17) is 0 Å². The Balaban J connectivity index is -0.000000169. The molecule has 2 heteroatoms. The number of rotatable bonds is 1. The fourth-order valence-corrected chi connectivity index (χ4v) is 1.47. The van der Waals surface area contributed by atoms with Crippen molar-refractivity contribution >= 4 is 5.57 Å². The van der Waals surface area contributed by atoms with Crippen LogP contribution in [-0.2, 0) is 19.5 Å². The number of hydrogen-bond donors (Lipinski definition) is 1. The van der Waals surface area contributed by atoms with E-state index in [1.165, 1.54) is 30.4 Å². The van der Waals surface area contributed by atoms with Gasteiger partial charge in [0.1, 0.15) is 0 Å². The monoisotopic (exact) mass is 320 g/mol. The van der Waals surface area contributed by atoms with E-state index >= 15 is 0 Å². The molecule has 1 aliphatic rings. The van der Waals surface area contributed by atoms with E-state index in [9.17, 15) is 0 Å². The summed E-state index contributed by atoms with van der Waals surface area (Å²) in [5, 5.41) is 0. The van der Waals surface area contributed by atoms with Gasteiger partial charge in [0.2, 0.25) is 0 Å². The molecule has 17 heavy (non-hydrogen) atoms. The van der Waals surface area contributed by atoms with Crippen LogP contribution in [0.4, 0.5) is 0 Å². The normalized spacial score (nSPS) is 12.1. The van der Waals surface area contributed by atoms with Gasteiger partial charge in [0, 0.05) is 0 Å². The molecule has 2 rings (SSSR count). The Hall–Kier alpha value is -0.617. The van der Waals surface area contributed by atoms with Crippen molar-refractivity contribution in [1.82, 2.24) is 4.98 Å². The zero-order chi connectivity index (χ0) is 8.23. The van der Waals surface area contributed by atoms with Gasteiger partial charge in [-0.05, 0) is 6.42 Å². The molecule has 1 nitrogen and oxygen atoms in total. The predicted molar refractivity (Wildman–Crippen MR) is 76.3 cm³/mol. The molecular weight excluding hydrogens is 295 g/mol. The van der Waals surface area contributed by atoms with Crippen LogP contribution in [-0.4, -0.2) is 4.98 Å². The topological polar surface area (TPSA) is 15.8 Å². The van der Waals surface area contributed by atoms with Gasteiger partial charge >= 0.3 is 19.5 Å². The minimum absolute atomic E-state index is 0. The summed E-state index contributed by atoms with van der Waals surface area (Å²) in [6.45, 7) is 0. The molecule has 0 atom stereocenters. The first-order valence-electron chi connectivity index (χ1n) is 4.38. The van der Waals surface area contributed by atoms with E-state index in [1.807, 2.05) is 6.20 Å². The van der Waals surface area contributed by atoms with Crippen molar-refractivity contribution in [3.63, 3.8) is 0 Å². The molecule has 1 radical (unpaired) electrons. The summed E-state index contributed by atoms with van der Waals surface area (Å²) in [6, 6.07) is 2.07. The summed E-state index contributed by atoms with van der Waals surface area (Å²) < 4.78 is 0. The minimum atomic E-state index is 0. The van der Waals surface area contributed by atoms with Gasteiger partial charge < -0.3 is 34.7 Å². The van der Waals surface area contributed by atoms with Crippen LogP contribution < -0.4 is 0 Å². The van der Waals surface area contributed by atoms with Crippen LogP contribution in [0.1, 0.15) is 24.8 Å². The molecule has 0 saturated carbocycles. The van der Waals surface area contributed by atoms with Gasteiger partial charge in [0.25, 0.3) is 0 Å². The number of nitrogens with one attached hydrogen (secondary N) is 1. The molecular formula is C15H24NRu. The molecule has 0 fully saturated rings. The quantitative estimate of drug-likeness (QED) is 0.568. The number of allylic oxidation sites excluding steroid dienone is 4. The third kappa shape index (κ3) is 7.33. The van der Waals surface area contributed by atoms with Crippen molar-refractivity contribution in [3.05, 3.63) is 72.0 Å². The molecule has 1 heterocycles. The van der Waals surface area contributed by atoms with Crippen LogP contribution in [0.2, 0.25) is 0 Å². The van der Waals surface area contributed by atoms with Crippen molar-refractivity contribution in [2.45, 2.75) is 19.3 Å². The molecule has 1 N–H and O–H groups in total. The van der Waals surface area contributed by atoms with Gasteiger partial charge in [-0.2, -0.15) is 6.07 Å². The van der Waals surface area contributed by atoms with Crippen LogP contribution in [0.25, 0.3) is 5.57 Å². The fourth-order valence-electron chi connectivity index (χ4n) is 1.47. The summed E-state index contributed by atoms with van der Waals surface area (Å²) in [4.78, 5) is 2.96. The van der Waals surface area contributed by atoms with Gasteiger partial charge in [-0.15, -0.1) is 23.4 Å². The second kappa shape index (κ2) is 13.4. The maximum atomic E-state index is 3.11. The molecule has 0 aromatic carbocycles. The number of hydrogen-bond acceptors (Lipinski definition) is 0. The molecule has 0 amide bonds. The van der Waals surface area contributed by atoms with Crippen molar-refractivity contribution in [3.8, 4) is 0 Å². The Bertz CT molecular complexity index is 297. The molecule has 97 valence electrons. The fraction of sp³-hybridized carbons (Fsp3) is 0.200. The first kappa shape index (κ1) is 25.3. The molecule has 0 saturated heterocycles. The van der Waals surface area contributed by atoms with Crippen LogP contribution in [0.15, 0.2) is 30.5 Å². The van der Waals surface area contributed by atoms with Gasteiger partial charge in [0.15, 0.2) is 0 Å². The van der Waals surface area contributed by atoms with E-state index in [2.05, 4.69) is 35.5 Å². The summed E-state index contributed by atoms with van der Waals surface area (Å²) in [6.07, 6.45) is 15.2. The summed E-state index contributed by atoms with van der Waals surface area (Å²) >= 11 is 0. The third-order valence-corrected chi connectivity index (χ3v) is 2.14. The Morgan fingerprint density at radius 1 is 1.12 bits per heavy atom.